The van der Waals surface area contributed by atoms with E-state index in [0.29, 0.717) is 12.9 Å². The van der Waals surface area contributed by atoms with Crippen LogP contribution in [0.3, 0.4) is 0 Å². The molecule has 0 amide bonds. The van der Waals surface area contributed by atoms with Gasteiger partial charge in [0.2, 0.25) is 0 Å². The van der Waals surface area contributed by atoms with Crippen molar-refractivity contribution in [1.82, 2.24) is 9.62 Å². The van der Waals surface area contributed by atoms with Gasteiger partial charge in [0.05, 0.1) is 0 Å². The summed E-state index contributed by atoms with van der Waals surface area (Å²) < 4.78 is 12.3. The fourth-order valence-electron chi connectivity index (χ4n) is 5.63. The third-order valence-electron chi connectivity index (χ3n) is 7.47. The second kappa shape index (κ2) is 13.5. The fraction of sp³-hybridized carbons (Fsp3) is 0.769. The van der Waals surface area contributed by atoms with E-state index in [2.05, 4.69) is 70.6 Å². The Morgan fingerprint density at radius 3 is 2.00 bits per heavy atom. The first-order valence-electron chi connectivity index (χ1n) is 12.9. The topological polar surface area (TPSA) is 19.6 Å². The van der Waals surface area contributed by atoms with E-state index in [1.807, 2.05) is 6.26 Å². The van der Waals surface area contributed by atoms with E-state index in [9.17, 15) is 0 Å². The molecule has 1 aromatic heterocycles. The number of unbranched alkanes of at least 4 members (excludes halogenated alkanes) is 3. The van der Waals surface area contributed by atoms with Crippen LogP contribution in [0, 0.1) is 5.92 Å². The van der Waals surface area contributed by atoms with Gasteiger partial charge in [-0.2, -0.15) is 0 Å². The number of nitrogens with zero attached hydrogens (tertiary/aromatic N) is 2. The van der Waals surface area contributed by atoms with Crippen LogP contribution in [0.1, 0.15) is 70.6 Å². The molecule has 2 rings (SSSR count). The summed E-state index contributed by atoms with van der Waals surface area (Å²) in [5, 5.41) is 0. The van der Waals surface area contributed by atoms with Crippen LogP contribution < -0.4 is 0 Å². The summed E-state index contributed by atoms with van der Waals surface area (Å²) >= 11 is -2.22. The van der Waals surface area contributed by atoms with Gasteiger partial charge in [-0.15, -0.1) is 0 Å². The first kappa shape index (κ1) is 27.1. The summed E-state index contributed by atoms with van der Waals surface area (Å²) in [6.07, 6.45) is 12.6. The van der Waals surface area contributed by atoms with Crippen molar-refractivity contribution in [2.24, 2.45) is 5.92 Å². The predicted octanol–water partition coefficient (Wildman–Crippen LogP) is 6.92. The van der Waals surface area contributed by atoms with Crippen LogP contribution in [0.5, 0.6) is 0 Å². The number of furan rings is 1. The zero-order chi connectivity index (χ0) is 22.9. The van der Waals surface area contributed by atoms with Crippen molar-refractivity contribution >= 4 is 25.4 Å². The standard InChI is InChI=1S/C14H22BN2O.3C4H9.Sn/c1-11-8-14-12(6-7-18-14)9-13(11)10-15(16(2)3)17(4)5;3*1-3-4-2;/h6-7,10-11H,1,8-9H2,2-5H3;3*1,3-4H2,2H3;. The molecule has 5 heteroatoms. The molecule has 0 saturated heterocycles. The second-order valence-corrected chi connectivity index (χ2v) is 24.6. The normalized spacial score (nSPS) is 18.2. The van der Waals surface area contributed by atoms with E-state index in [0.717, 1.165) is 12.8 Å². The predicted molar refractivity (Wildman–Crippen MR) is 141 cm³/mol. The van der Waals surface area contributed by atoms with Gasteiger partial charge < -0.3 is 0 Å². The molecule has 1 heterocycles. The molecule has 1 unspecified atom stereocenters. The Morgan fingerprint density at radius 2 is 1.52 bits per heavy atom. The molecule has 0 saturated carbocycles. The molecular weight excluding hydrogens is 486 g/mol. The Morgan fingerprint density at radius 1 is 0.968 bits per heavy atom. The summed E-state index contributed by atoms with van der Waals surface area (Å²) in [6.45, 7) is 7.51. The van der Waals surface area contributed by atoms with E-state index < -0.39 is 18.4 Å². The minimum absolute atomic E-state index is 0.359. The van der Waals surface area contributed by atoms with Gasteiger partial charge in [0.15, 0.2) is 0 Å². The molecule has 0 N–H and O–H groups in total. The SMILES string of the molecule is CCC[CH2][Sn]([CH2]CCC)([CH2]CCC)[CH2]C1Cc2occc2CC1=CB(N(C)C)N(C)C. The molecule has 1 aliphatic carbocycles. The van der Waals surface area contributed by atoms with Gasteiger partial charge in [0.1, 0.15) is 0 Å². The van der Waals surface area contributed by atoms with Crippen LogP contribution >= 0.6 is 0 Å². The van der Waals surface area contributed by atoms with Crippen LogP contribution in [0.2, 0.25) is 17.7 Å². The summed E-state index contributed by atoms with van der Waals surface area (Å²) in [6, 6.07) is 2.21. The number of allylic oxidation sites excluding steroid dienone is 1. The Balaban J connectivity index is 2.39. The molecule has 3 nitrogen and oxygen atoms in total. The van der Waals surface area contributed by atoms with Crippen LogP contribution in [-0.2, 0) is 12.8 Å². The third-order valence-corrected chi connectivity index (χ3v) is 23.5. The van der Waals surface area contributed by atoms with E-state index in [1.165, 1.54) is 54.3 Å². The van der Waals surface area contributed by atoms with E-state index in [4.69, 9.17) is 4.42 Å². The van der Waals surface area contributed by atoms with Crippen molar-refractivity contribution in [3.05, 3.63) is 35.2 Å². The van der Waals surface area contributed by atoms with Crippen molar-refractivity contribution < 1.29 is 4.42 Å². The quantitative estimate of drug-likeness (QED) is 0.241. The van der Waals surface area contributed by atoms with Gasteiger partial charge in [-0.05, 0) is 0 Å². The fourth-order valence-corrected chi connectivity index (χ4v) is 23.1. The van der Waals surface area contributed by atoms with Crippen LogP contribution in [0.25, 0.3) is 0 Å². The van der Waals surface area contributed by atoms with E-state index >= 15 is 0 Å². The Labute approximate surface area is 198 Å². The van der Waals surface area contributed by atoms with Gasteiger partial charge >= 0.3 is 199 Å². The molecule has 0 bridgehead atoms. The third kappa shape index (κ3) is 7.96. The van der Waals surface area contributed by atoms with Gasteiger partial charge in [-0.25, -0.2) is 0 Å². The molecular formula is C26H49BN2OSn. The van der Waals surface area contributed by atoms with Crippen LogP contribution in [0.15, 0.2) is 28.3 Å². The van der Waals surface area contributed by atoms with Crippen molar-refractivity contribution in [2.45, 2.75) is 89.9 Å². The van der Waals surface area contributed by atoms with Gasteiger partial charge in [0, 0.05) is 0 Å². The number of fused-ring (bicyclic) bond motifs is 1. The zero-order valence-corrected chi connectivity index (χ0v) is 24.5. The maximum atomic E-state index is 5.97. The molecule has 0 fully saturated rings. The molecule has 1 aromatic rings. The molecule has 0 aliphatic heterocycles. The zero-order valence-electron chi connectivity index (χ0n) is 21.7. The van der Waals surface area contributed by atoms with Crippen molar-refractivity contribution in [1.29, 1.82) is 0 Å². The number of hydrogen-bond acceptors (Lipinski definition) is 3. The Kier molecular flexibility index (Phi) is 11.8. The van der Waals surface area contributed by atoms with Crippen molar-refractivity contribution in [3.8, 4) is 0 Å². The Hall–Kier alpha value is -0.196. The summed E-state index contributed by atoms with van der Waals surface area (Å²) in [7, 11) is 8.82. The molecule has 0 radical (unpaired) electrons. The van der Waals surface area contributed by atoms with Gasteiger partial charge in [-0.1, -0.05) is 0 Å². The molecule has 1 aliphatic rings. The number of rotatable bonds is 14. The first-order valence-corrected chi connectivity index (χ1v) is 21.0. The molecule has 0 aromatic carbocycles. The van der Waals surface area contributed by atoms with Gasteiger partial charge in [0.25, 0.3) is 0 Å². The molecule has 31 heavy (non-hydrogen) atoms. The minimum atomic E-state index is -2.22. The average Bonchev–Trinajstić information content (AvgIpc) is 3.19. The number of hydrogen-bond donors (Lipinski definition) is 0. The van der Waals surface area contributed by atoms with Gasteiger partial charge in [-0.3, -0.25) is 0 Å². The van der Waals surface area contributed by atoms with Crippen molar-refractivity contribution in [3.63, 3.8) is 0 Å². The maximum absolute atomic E-state index is 5.97. The van der Waals surface area contributed by atoms with E-state index in [1.54, 1.807) is 18.9 Å². The average molecular weight is 535 g/mol. The van der Waals surface area contributed by atoms with E-state index in [-0.39, 0.29) is 0 Å². The summed E-state index contributed by atoms with van der Waals surface area (Å²) in [5.41, 5.74) is 3.11. The molecule has 0 spiro atoms. The Bertz CT molecular complexity index is 640. The monoisotopic (exact) mass is 536 g/mol. The first-order chi connectivity index (χ1) is 14.9. The second-order valence-electron chi connectivity index (χ2n) is 10.5. The molecule has 176 valence electrons. The van der Waals surface area contributed by atoms with Crippen LogP contribution in [0.4, 0.5) is 0 Å². The summed E-state index contributed by atoms with van der Waals surface area (Å²) in [5.74, 6) is 4.56. The molecule has 1 atom stereocenters. The summed E-state index contributed by atoms with van der Waals surface area (Å²) in [4.78, 5) is 4.69. The van der Waals surface area contributed by atoms with Crippen molar-refractivity contribution in [2.75, 3.05) is 28.2 Å². The van der Waals surface area contributed by atoms with Crippen LogP contribution in [-0.4, -0.2) is 63.2 Å².